The molecule has 1 saturated heterocycles. The molecule has 0 bridgehead atoms. The van der Waals surface area contributed by atoms with Crippen molar-refractivity contribution in [2.24, 2.45) is 0 Å². The summed E-state index contributed by atoms with van der Waals surface area (Å²) in [7, 11) is -3.41. The second-order valence-corrected chi connectivity index (χ2v) is 9.52. The number of benzene rings is 1. The predicted molar refractivity (Wildman–Crippen MR) is 89.9 cm³/mol. The molecule has 22 heavy (non-hydrogen) atoms. The summed E-state index contributed by atoms with van der Waals surface area (Å²) in [5.41, 5.74) is 0.843. The molecule has 2 heterocycles. The summed E-state index contributed by atoms with van der Waals surface area (Å²) < 4.78 is 27.9. The molecule has 0 unspecified atom stereocenters. The maximum absolute atomic E-state index is 12.7. The van der Waals surface area contributed by atoms with Gasteiger partial charge < -0.3 is 5.32 Å². The maximum Gasteiger partial charge on any atom is 0.243 e. The van der Waals surface area contributed by atoms with Gasteiger partial charge in [-0.25, -0.2) is 13.4 Å². The Bertz CT molecular complexity index is 785. The fourth-order valence-electron chi connectivity index (χ4n) is 2.42. The average molecular weight is 339 g/mol. The van der Waals surface area contributed by atoms with Crippen LogP contribution in [0.1, 0.15) is 25.8 Å². The van der Waals surface area contributed by atoms with Crippen molar-refractivity contribution in [1.29, 1.82) is 0 Å². The second kappa shape index (κ2) is 5.56. The van der Waals surface area contributed by atoms with E-state index in [4.69, 9.17) is 0 Å². The third-order valence-electron chi connectivity index (χ3n) is 3.72. The Balaban J connectivity index is 2.01. The highest BCUT2D eigenvalue weighted by Crippen LogP contribution is 2.32. The molecule has 1 aromatic heterocycles. The van der Waals surface area contributed by atoms with Gasteiger partial charge in [0.05, 0.1) is 20.1 Å². The molecule has 1 fully saturated rings. The van der Waals surface area contributed by atoms with Gasteiger partial charge in [0, 0.05) is 31.6 Å². The van der Waals surface area contributed by atoms with Gasteiger partial charge in [-0.2, -0.15) is 4.31 Å². The SMILES string of the molecule is CC(C)(C)c1nc2ccc(S(=O)(=O)N3CCNCC3)cc2s1. The number of rotatable bonds is 2. The van der Waals surface area contributed by atoms with Crippen molar-refractivity contribution in [3.05, 3.63) is 23.2 Å². The van der Waals surface area contributed by atoms with Crippen molar-refractivity contribution >= 4 is 31.6 Å². The van der Waals surface area contributed by atoms with E-state index in [1.54, 1.807) is 27.8 Å². The summed E-state index contributed by atoms with van der Waals surface area (Å²) in [5.74, 6) is 0. The summed E-state index contributed by atoms with van der Waals surface area (Å²) in [6.45, 7) is 8.80. The number of nitrogens with zero attached hydrogens (tertiary/aromatic N) is 2. The summed E-state index contributed by atoms with van der Waals surface area (Å²) in [4.78, 5) is 4.99. The van der Waals surface area contributed by atoms with Crippen LogP contribution < -0.4 is 5.32 Å². The molecule has 0 radical (unpaired) electrons. The zero-order valence-electron chi connectivity index (χ0n) is 13.1. The van der Waals surface area contributed by atoms with Gasteiger partial charge in [0.15, 0.2) is 0 Å². The van der Waals surface area contributed by atoms with Crippen LogP contribution in [0, 0.1) is 0 Å². The Morgan fingerprint density at radius 3 is 2.55 bits per heavy atom. The highest BCUT2D eigenvalue weighted by molar-refractivity contribution is 7.89. The van der Waals surface area contributed by atoms with Crippen molar-refractivity contribution in [3.8, 4) is 0 Å². The van der Waals surface area contributed by atoms with Crippen LogP contribution in [-0.2, 0) is 15.4 Å². The lowest BCUT2D eigenvalue weighted by Crippen LogP contribution is -2.46. The zero-order chi connectivity index (χ0) is 16.0. The minimum atomic E-state index is -3.41. The molecule has 0 saturated carbocycles. The van der Waals surface area contributed by atoms with Crippen LogP contribution in [0.25, 0.3) is 10.2 Å². The third-order valence-corrected chi connectivity index (χ3v) is 7.05. The number of thiazole rings is 1. The average Bonchev–Trinajstić information content (AvgIpc) is 2.91. The molecular formula is C15H21N3O2S2. The van der Waals surface area contributed by atoms with Crippen molar-refractivity contribution in [2.75, 3.05) is 26.2 Å². The molecule has 5 nitrogen and oxygen atoms in total. The number of sulfonamides is 1. The van der Waals surface area contributed by atoms with Gasteiger partial charge in [0.25, 0.3) is 0 Å². The molecule has 0 atom stereocenters. The van der Waals surface area contributed by atoms with Crippen molar-refractivity contribution in [2.45, 2.75) is 31.1 Å². The Morgan fingerprint density at radius 2 is 1.91 bits per heavy atom. The highest BCUT2D eigenvalue weighted by atomic mass is 32.2. The summed E-state index contributed by atoms with van der Waals surface area (Å²) in [5, 5.41) is 4.20. The molecule has 120 valence electrons. The van der Waals surface area contributed by atoms with E-state index in [0.29, 0.717) is 31.1 Å². The van der Waals surface area contributed by atoms with Crippen LogP contribution in [0.5, 0.6) is 0 Å². The summed E-state index contributed by atoms with van der Waals surface area (Å²) >= 11 is 1.57. The molecule has 0 amide bonds. The van der Waals surface area contributed by atoms with Crippen molar-refractivity contribution in [1.82, 2.24) is 14.6 Å². The van der Waals surface area contributed by atoms with E-state index in [1.165, 1.54) is 0 Å². The van der Waals surface area contributed by atoms with Gasteiger partial charge in [0.2, 0.25) is 10.0 Å². The Labute approximate surface area is 135 Å². The minimum absolute atomic E-state index is 0.0265. The van der Waals surface area contributed by atoms with Crippen LogP contribution in [0.15, 0.2) is 23.1 Å². The van der Waals surface area contributed by atoms with E-state index >= 15 is 0 Å². The lowest BCUT2D eigenvalue weighted by molar-refractivity contribution is 0.360. The number of nitrogens with one attached hydrogen (secondary N) is 1. The highest BCUT2D eigenvalue weighted by Gasteiger charge is 2.26. The van der Waals surface area contributed by atoms with E-state index in [0.717, 1.165) is 15.2 Å². The van der Waals surface area contributed by atoms with Crippen LogP contribution in [0.3, 0.4) is 0 Å². The van der Waals surface area contributed by atoms with Gasteiger partial charge in [0.1, 0.15) is 0 Å². The molecule has 0 aliphatic carbocycles. The number of aromatic nitrogens is 1. The molecule has 1 aromatic carbocycles. The van der Waals surface area contributed by atoms with Gasteiger partial charge in [-0.3, -0.25) is 0 Å². The molecular weight excluding hydrogens is 318 g/mol. The van der Waals surface area contributed by atoms with E-state index in [9.17, 15) is 8.42 Å². The largest absolute Gasteiger partial charge is 0.314 e. The number of hydrogen-bond acceptors (Lipinski definition) is 5. The van der Waals surface area contributed by atoms with Gasteiger partial charge >= 0.3 is 0 Å². The molecule has 3 rings (SSSR count). The van der Waals surface area contributed by atoms with E-state index in [2.05, 4.69) is 31.1 Å². The van der Waals surface area contributed by atoms with E-state index < -0.39 is 10.0 Å². The monoisotopic (exact) mass is 339 g/mol. The topological polar surface area (TPSA) is 62.3 Å². The smallest absolute Gasteiger partial charge is 0.243 e. The third kappa shape index (κ3) is 2.90. The Hall–Kier alpha value is -1.02. The maximum atomic E-state index is 12.7. The van der Waals surface area contributed by atoms with E-state index in [-0.39, 0.29) is 5.41 Å². The normalized spacial score (nSPS) is 18.0. The standard InChI is InChI=1S/C15H21N3O2S2/c1-15(2,3)14-17-12-5-4-11(10-13(12)21-14)22(19,20)18-8-6-16-7-9-18/h4-5,10,16H,6-9H2,1-3H3. The van der Waals surface area contributed by atoms with Crippen molar-refractivity contribution in [3.63, 3.8) is 0 Å². The quantitative estimate of drug-likeness (QED) is 0.911. The molecule has 7 heteroatoms. The summed E-state index contributed by atoms with van der Waals surface area (Å²) in [6, 6.07) is 5.25. The first-order chi connectivity index (χ1) is 10.3. The predicted octanol–water partition coefficient (Wildman–Crippen LogP) is 2.19. The minimum Gasteiger partial charge on any atom is -0.314 e. The Morgan fingerprint density at radius 1 is 1.23 bits per heavy atom. The lowest BCUT2D eigenvalue weighted by atomic mass is 9.98. The molecule has 1 aliphatic rings. The fraction of sp³-hybridized carbons (Fsp3) is 0.533. The van der Waals surface area contributed by atoms with Gasteiger partial charge in [-0.1, -0.05) is 20.8 Å². The van der Waals surface area contributed by atoms with Crippen LogP contribution >= 0.6 is 11.3 Å². The van der Waals surface area contributed by atoms with Gasteiger partial charge in [-0.05, 0) is 18.2 Å². The first kappa shape index (κ1) is 15.9. The number of hydrogen-bond donors (Lipinski definition) is 1. The fourth-order valence-corrected chi connectivity index (χ4v) is 5.03. The molecule has 0 spiro atoms. The Kier molecular flexibility index (Phi) is 4.01. The molecule has 1 aliphatic heterocycles. The van der Waals surface area contributed by atoms with E-state index in [1.807, 2.05) is 6.07 Å². The summed E-state index contributed by atoms with van der Waals surface area (Å²) in [6.07, 6.45) is 0. The van der Waals surface area contributed by atoms with Crippen molar-refractivity contribution < 1.29 is 8.42 Å². The second-order valence-electron chi connectivity index (χ2n) is 6.55. The molecule has 1 N–H and O–H groups in total. The number of fused-ring (bicyclic) bond motifs is 1. The lowest BCUT2D eigenvalue weighted by Gasteiger charge is -2.26. The molecule has 2 aromatic rings. The zero-order valence-corrected chi connectivity index (χ0v) is 14.7. The first-order valence-electron chi connectivity index (χ1n) is 7.40. The van der Waals surface area contributed by atoms with Crippen LogP contribution in [-0.4, -0.2) is 43.9 Å². The van der Waals surface area contributed by atoms with Gasteiger partial charge in [-0.15, -0.1) is 11.3 Å². The van der Waals surface area contributed by atoms with Crippen LogP contribution in [0.2, 0.25) is 0 Å². The number of piperazine rings is 1. The first-order valence-corrected chi connectivity index (χ1v) is 9.66. The van der Waals surface area contributed by atoms with Crippen LogP contribution in [0.4, 0.5) is 0 Å².